The number of aromatic nitrogens is 5. The van der Waals surface area contributed by atoms with Crippen molar-refractivity contribution in [3.05, 3.63) is 44.9 Å². The van der Waals surface area contributed by atoms with Gasteiger partial charge in [-0.05, 0) is 31.9 Å². The highest BCUT2D eigenvalue weighted by Gasteiger charge is 2.27. The molecular weight excluding hydrogens is 468 g/mol. The van der Waals surface area contributed by atoms with Crippen LogP contribution < -0.4 is 27.6 Å². The Morgan fingerprint density at radius 1 is 1.22 bits per heavy atom. The summed E-state index contributed by atoms with van der Waals surface area (Å²) in [4.78, 5) is 50.8. The number of rotatable bonds is 9. The van der Waals surface area contributed by atoms with Crippen molar-refractivity contribution in [2.75, 3.05) is 44.0 Å². The standard InChI is InChI=1S/C23H32N8O5/c1-3-29-19-20(27-22(29)28-9-5-6-15(24)12-28)30(14-18(32)36-11-10-35-2)23(34)31(21(19)33)13-17-16(25)7-4-8-26-17/h4,7-8,15H,3,5-6,9-14,24-25H2,1-2H3. The van der Waals surface area contributed by atoms with Crippen LogP contribution in [0.3, 0.4) is 0 Å². The first-order valence-corrected chi connectivity index (χ1v) is 11.9. The maximum atomic E-state index is 13.7. The number of piperidine rings is 1. The third kappa shape index (κ3) is 4.97. The predicted molar refractivity (Wildman–Crippen MR) is 134 cm³/mol. The third-order valence-electron chi connectivity index (χ3n) is 6.22. The molecule has 4 N–H and O–H groups in total. The number of ether oxygens (including phenoxy) is 2. The Morgan fingerprint density at radius 2 is 2.03 bits per heavy atom. The highest BCUT2D eigenvalue weighted by molar-refractivity contribution is 5.77. The molecule has 4 heterocycles. The van der Waals surface area contributed by atoms with Crippen LogP contribution in [0.4, 0.5) is 11.6 Å². The largest absolute Gasteiger partial charge is 0.462 e. The van der Waals surface area contributed by atoms with Crippen LogP contribution in [0.1, 0.15) is 25.5 Å². The van der Waals surface area contributed by atoms with Gasteiger partial charge in [0.05, 0.1) is 24.5 Å². The molecule has 0 radical (unpaired) electrons. The topological polar surface area (TPSA) is 166 Å². The van der Waals surface area contributed by atoms with Gasteiger partial charge in [-0.15, -0.1) is 0 Å². The first-order chi connectivity index (χ1) is 17.3. The maximum Gasteiger partial charge on any atom is 0.333 e. The Morgan fingerprint density at radius 3 is 2.72 bits per heavy atom. The van der Waals surface area contributed by atoms with Gasteiger partial charge in [0.15, 0.2) is 11.2 Å². The molecule has 194 valence electrons. The number of anilines is 2. The number of methoxy groups -OCH3 is 1. The average molecular weight is 501 g/mol. The van der Waals surface area contributed by atoms with Crippen LogP contribution in [0.25, 0.3) is 11.2 Å². The number of nitrogen functional groups attached to an aromatic ring is 1. The van der Waals surface area contributed by atoms with Crippen molar-refractivity contribution in [1.82, 2.24) is 23.7 Å². The fourth-order valence-electron chi connectivity index (χ4n) is 4.44. The molecule has 1 unspecified atom stereocenters. The monoisotopic (exact) mass is 500 g/mol. The van der Waals surface area contributed by atoms with Crippen LogP contribution >= 0.6 is 0 Å². The van der Waals surface area contributed by atoms with E-state index in [0.29, 0.717) is 30.4 Å². The van der Waals surface area contributed by atoms with Gasteiger partial charge in [0, 0.05) is 39.0 Å². The molecule has 1 saturated heterocycles. The first-order valence-electron chi connectivity index (χ1n) is 11.9. The lowest BCUT2D eigenvalue weighted by atomic mass is 10.1. The van der Waals surface area contributed by atoms with Gasteiger partial charge < -0.3 is 30.4 Å². The number of esters is 1. The maximum absolute atomic E-state index is 13.7. The summed E-state index contributed by atoms with van der Waals surface area (Å²) in [6.07, 6.45) is 3.32. The van der Waals surface area contributed by atoms with E-state index in [4.69, 9.17) is 20.9 Å². The van der Waals surface area contributed by atoms with E-state index < -0.39 is 23.8 Å². The van der Waals surface area contributed by atoms with Crippen molar-refractivity contribution in [3.63, 3.8) is 0 Å². The van der Waals surface area contributed by atoms with Crippen molar-refractivity contribution in [1.29, 1.82) is 0 Å². The predicted octanol–water partition coefficient (Wildman–Crippen LogP) is -0.478. The van der Waals surface area contributed by atoms with E-state index in [0.717, 1.165) is 24.0 Å². The first kappa shape index (κ1) is 25.4. The number of aryl methyl sites for hydroxylation is 1. The van der Waals surface area contributed by atoms with E-state index in [9.17, 15) is 14.4 Å². The molecule has 13 heteroatoms. The molecule has 0 saturated carbocycles. The van der Waals surface area contributed by atoms with Crippen LogP contribution in [0.15, 0.2) is 27.9 Å². The van der Waals surface area contributed by atoms with Crippen LogP contribution in [-0.4, -0.2) is 69.1 Å². The summed E-state index contributed by atoms with van der Waals surface area (Å²) in [5.41, 5.74) is 12.0. The minimum atomic E-state index is -0.705. The summed E-state index contributed by atoms with van der Waals surface area (Å²) in [6.45, 7) is 3.30. The lowest BCUT2D eigenvalue weighted by Gasteiger charge is -2.31. The second-order valence-corrected chi connectivity index (χ2v) is 8.69. The number of hydrogen-bond acceptors (Lipinski definition) is 10. The molecule has 0 spiro atoms. The lowest BCUT2D eigenvalue weighted by molar-refractivity contribution is -0.145. The lowest BCUT2D eigenvalue weighted by Crippen LogP contribution is -2.44. The van der Waals surface area contributed by atoms with E-state index >= 15 is 0 Å². The quantitative estimate of drug-likeness (QED) is 0.289. The van der Waals surface area contributed by atoms with Crippen molar-refractivity contribution < 1.29 is 14.3 Å². The summed E-state index contributed by atoms with van der Waals surface area (Å²) in [7, 11) is 1.49. The molecule has 3 aromatic heterocycles. The van der Waals surface area contributed by atoms with Crippen molar-refractivity contribution in [2.45, 2.75) is 45.4 Å². The molecule has 1 fully saturated rings. The van der Waals surface area contributed by atoms with E-state index in [1.807, 2.05) is 11.8 Å². The zero-order valence-electron chi connectivity index (χ0n) is 20.6. The normalized spacial score (nSPS) is 16.0. The van der Waals surface area contributed by atoms with Gasteiger partial charge in [0.2, 0.25) is 5.95 Å². The van der Waals surface area contributed by atoms with Crippen molar-refractivity contribution in [3.8, 4) is 0 Å². The number of fused-ring (bicyclic) bond motifs is 1. The Hall–Kier alpha value is -3.71. The summed E-state index contributed by atoms with van der Waals surface area (Å²) >= 11 is 0. The summed E-state index contributed by atoms with van der Waals surface area (Å²) in [5, 5.41) is 0. The molecule has 36 heavy (non-hydrogen) atoms. The van der Waals surface area contributed by atoms with Crippen LogP contribution in [0, 0.1) is 0 Å². The molecule has 13 nitrogen and oxygen atoms in total. The Bertz CT molecular complexity index is 1360. The van der Waals surface area contributed by atoms with E-state index in [1.54, 1.807) is 16.7 Å². The summed E-state index contributed by atoms with van der Waals surface area (Å²) < 4.78 is 14.1. The van der Waals surface area contributed by atoms with Gasteiger partial charge in [-0.3, -0.25) is 23.7 Å². The summed E-state index contributed by atoms with van der Waals surface area (Å²) in [6, 6.07) is 3.29. The molecule has 1 aliphatic heterocycles. The highest BCUT2D eigenvalue weighted by Crippen LogP contribution is 2.23. The molecule has 0 aliphatic carbocycles. The molecule has 3 aromatic rings. The van der Waals surface area contributed by atoms with E-state index in [2.05, 4.69) is 9.97 Å². The average Bonchev–Trinajstić information content (AvgIpc) is 3.25. The second-order valence-electron chi connectivity index (χ2n) is 8.69. The molecule has 1 atom stereocenters. The molecule has 0 aromatic carbocycles. The molecule has 0 amide bonds. The van der Waals surface area contributed by atoms with E-state index in [-0.39, 0.29) is 37.0 Å². The van der Waals surface area contributed by atoms with Crippen molar-refractivity contribution in [2.24, 2.45) is 5.73 Å². The van der Waals surface area contributed by atoms with Gasteiger partial charge in [0.25, 0.3) is 5.56 Å². The number of carbonyl (C=O) groups excluding carboxylic acids is 1. The SMILES string of the molecule is CCn1c(N2CCCC(N)C2)nc2c1c(=O)n(Cc1ncccc1N)c(=O)n2CC(=O)OCCOC. The van der Waals surface area contributed by atoms with Crippen LogP contribution in [0.2, 0.25) is 0 Å². The van der Waals surface area contributed by atoms with Gasteiger partial charge >= 0.3 is 11.7 Å². The van der Waals surface area contributed by atoms with E-state index in [1.165, 1.54) is 17.9 Å². The number of imidazole rings is 1. The Kier molecular flexibility index (Phi) is 7.70. The number of nitrogens with zero attached hydrogens (tertiary/aromatic N) is 6. The third-order valence-corrected chi connectivity index (χ3v) is 6.22. The summed E-state index contributed by atoms with van der Waals surface area (Å²) in [5.74, 6) is -0.110. The van der Waals surface area contributed by atoms with Crippen LogP contribution in [0.5, 0.6) is 0 Å². The molecular formula is C23H32N8O5. The number of pyridine rings is 1. The van der Waals surface area contributed by atoms with Gasteiger partial charge in [0.1, 0.15) is 13.2 Å². The van der Waals surface area contributed by atoms with Gasteiger partial charge in [-0.25, -0.2) is 4.79 Å². The number of carbonyl (C=O) groups is 1. The van der Waals surface area contributed by atoms with Crippen LogP contribution in [-0.2, 0) is 33.9 Å². The Balaban J connectivity index is 1.89. The second kappa shape index (κ2) is 10.9. The number of hydrogen-bond donors (Lipinski definition) is 2. The fraction of sp³-hybridized carbons (Fsp3) is 0.522. The van der Waals surface area contributed by atoms with Gasteiger partial charge in [-0.1, -0.05) is 0 Å². The zero-order valence-corrected chi connectivity index (χ0v) is 20.6. The molecule has 1 aliphatic rings. The minimum Gasteiger partial charge on any atom is -0.462 e. The highest BCUT2D eigenvalue weighted by atomic mass is 16.6. The fourth-order valence-corrected chi connectivity index (χ4v) is 4.44. The van der Waals surface area contributed by atoms with Crippen molar-refractivity contribution >= 4 is 28.8 Å². The smallest absolute Gasteiger partial charge is 0.333 e. The zero-order chi connectivity index (χ0) is 25.8. The molecule has 4 rings (SSSR count). The minimum absolute atomic E-state index is 0.0226. The Labute approximate surface area is 207 Å². The molecule has 0 bridgehead atoms. The van der Waals surface area contributed by atoms with Gasteiger partial charge in [-0.2, -0.15) is 4.98 Å². The number of nitrogens with two attached hydrogens (primary N) is 2.